The molecule has 0 saturated heterocycles. The summed E-state index contributed by atoms with van der Waals surface area (Å²) < 4.78 is 52.1. The van der Waals surface area contributed by atoms with Gasteiger partial charge in [-0.15, -0.1) is 0 Å². The lowest BCUT2D eigenvalue weighted by atomic mass is 10.1. The molecule has 0 radical (unpaired) electrons. The second-order valence-electron chi connectivity index (χ2n) is 6.69. The molecular weight excluding hydrogens is 456 g/mol. The molecule has 2 aromatic carbocycles. The standard InChI is InChI=1S/C21H21F2N5O4S/c1-4-32-21(29)28-33(3,30)11-13-6-5-7-14(8-13)26-20-25-12-24-19(27-20)15-9-16(22)17(23)10-18(15)31-2/h5-12H,4H2,1-3H3,(H,28,29,30)(H,24,25,26,27). The van der Waals surface area contributed by atoms with E-state index in [1.807, 2.05) is 0 Å². The summed E-state index contributed by atoms with van der Waals surface area (Å²) in [5, 5.41) is 4.37. The molecule has 0 fully saturated rings. The van der Waals surface area contributed by atoms with Crippen LogP contribution in [0.15, 0.2) is 42.7 Å². The van der Waals surface area contributed by atoms with Crippen LogP contribution in [0, 0.1) is 11.6 Å². The first-order chi connectivity index (χ1) is 15.7. The number of anilines is 2. The normalized spacial score (nSPS) is 12.4. The van der Waals surface area contributed by atoms with Gasteiger partial charge in [-0.25, -0.2) is 32.5 Å². The summed E-state index contributed by atoms with van der Waals surface area (Å²) in [6.07, 6.45) is 1.81. The number of rotatable bonds is 7. The number of benzene rings is 2. The highest BCUT2D eigenvalue weighted by Crippen LogP contribution is 2.30. The number of carbonyl (C=O) groups excluding carboxylic acids is 1. The summed E-state index contributed by atoms with van der Waals surface area (Å²) in [6.45, 7) is 1.80. The number of hydrogen-bond acceptors (Lipinski definition) is 8. The zero-order chi connectivity index (χ0) is 24.0. The molecule has 0 spiro atoms. The number of nitrogens with zero attached hydrogens (tertiary/aromatic N) is 3. The molecule has 1 amide bonds. The lowest BCUT2D eigenvalue weighted by Crippen LogP contribution is -2.31. The number of aromatic nitrogens is 3. The van der Waals surface area contributed by atoms with Crippen molar-refractivity contribution in [2.24, 2.45) is 0 Å². The van der Waals surface area contributed by atoms with Gasteiger partial charge < -0.3 is 14.8 Å². The van der Waals surface area contributed by atoms with E-state index in [0.29, 0.717) is 11.3 Å². The van der Waals surface area contributed by atoms with Gasteiger partial charge in [0.2, 0.25) is 5.95 Å². The van der Waals surface area contributed by atoms with Crippen LogP contribution in [0.25, 0.3) is 11.4 Å². The number of carbonyl (C=O) groups is 1. The highest BCUT2D eigenvalue weighted by atomic mass is 32.2. The predicted octanol–water partition coefficient (Wildman–Crippen LogP) is 3.29. The van der Waals surface area contributed by atoms with Crippen LogP contribution >= 0.6 is 0 Å². The van der Waals surface area contributed by atoms with Gasteiger partial charge in [0, 0.05) is 23.4 Å². The van der Waals surface area contributed by atoms with Gasteiger partial charge >= 0.3 is 6.09 Å². The third kappa shape index (κ3) is 6.35. The Morgan fingerprint density at radius 1 is 1.18 bits per heavy atom. The molecule has 0 aliphatic rings. The van der Waals surface area contributed by atoms with E-state index in [4.69, 9.17) is 9.47 Å². The quantitative estimate of drug-likeness (QED) is 0.498. The van der Waals surface area contributed by atoms with Crippen molar-refractivity contribution in [3.8, 4) is 17.1 Å². The third-order valence-corrected chi connectivity index (χ3v) is 5.41. The Balaban J connectivity index is 1.86. The van der Waals surface area contributed by atoms with Crippen LogP contribution in [-0.4, -0.2) is 50.6 Å². The lowest BCUT2D eigenvalue weighted by molar-refractivity contribution is 0.159. The first-order valence-electron chi connectivity index (χ1n) is 9.58. The van der Waals surface area contributed by atoms with Gasteiger partial charge in [0.15, 0.2) is 17.5 Å². The van der Waals surface area contributed by atoms with Crippen LogP contribution in [0.4, 0.5) is 25.2 Å². The van der Waals surface area contributed by atoms with Crippen molar-refractivity contribution >= 4 is 32.8 Å². The predicted molar refractivity (Wildman–Crippen MR) is 121 cm³/mol. The molecule has 33 heavy (non-hydrogen) atoms. The van der Waals surface area contributed by atoms with Crippen LogP contribution in [-0.2, 0) is 14.4 Å². The first kappa shape index (κ1) is 23.9. The molecular formula is C21H21F2N5O4S. The van der Waals surface area contributed by atoms with Gasteiger partial charge in [0.1, 0.15) is 12.1 Å². The van der Waals surface area contributed by atoms with Crippen molar-refractivity contribution in [3.05, 3.63) is 59.9 Å². The molecule has 0 aliphatic heterocycles. The number of hydrogen-bond donors (Lipinski definition) is 2. The fourth-order valence-corrected chi connectivity index (χ4v) is 3.91. The minimum Gasteiger partial charge on any atom is -0.496 e. The summed E-state index contributed by atoms with van der Waals surface area (Å²) >= 11 is 0. The topological polar surface area (TPSA) is 115 Å². The summed E-state index contributed by atoms with van der Waals surface area (Å²) in [4.78, 5) is 23.9. The summed E-state index contributed by atoms with van der Waals surface area (Å²) in [5.41, 5.74) is 1.25. The minimum absolute atomic E-state index is 0.0643. The highest BCUT2D eigenvalue weighted by Gasteiger charge is 2.15. The second kappa shape index (κ2) is 10.2. The molecule has 1 atom stereocenters. The molecule has 9 nitrogen and oxygen atoms in total. The molecule has 0 bridgehead atoms. The van der Waals surface area contributed by atoms with Gasteiger partial charge in [-0.3, -0.25) is 0 Å². The minimum atomic E-state index is -2.85. The van der Waals surface area contributed by atoms with Crippen LogP contribution in [0.2, 0.25) is 0 Å². The molecule has 3 aromatic rings. The summed E-state index contributed by atoms with van der Waals surface area (Å²) in [6, 6.07) is 8.64. The second-order valence-corrected chi connectivity index (χ2v) is 8.94. The zero-order valence-electron chi connectivity index (χ0n) is 18.0. The molecule has 1 heterocycles. The Kier molecular flexibility index (Phi) is 7.38. The van der Waals surface area contributed by atoms with Crippen molar-refractivity contribution in [2.75, 3.05) is 25.3 Å². The number of nitrogens with one attached hydrogen (secondary N) is 2. The lowest BCUT2D eigenvalue weighted by Gasteiger charge is -2.10. The van der Waals surface area contributed by atoms with E-state index in [0.717, 1.165) is 12.1 Å². The molecule has 2 N–H and O–H groups in total. The van der Waals surface area contributed by atoms with E-state index in [-0.39, 0.29) is 29.7 Å². The Morgan fingerprint density at radius 2 is 1.94 bits per heavy atom. The van der Waals surface area contributed by atoms with Crippen molar-refractivity contribution in [1.29, 1.82) is 0 Å². The molecule has 0 aliphatic carbocycles. The summed E-state index contributed by atoms with van der Waals surface area (Å²) in [7, 11) is -1.53. The average molecular weight is 477 g/mol. The molecule has 174 valence electrons. The Bertz CT molecular complexity index is 1300. The zero-order valence-corrected chi connectivity index (χ0v) is 18.8. The van der Waals surface area contributed by atoms with Gasteiger partial charge in [-0.05, 0) is 30.7 Å². The van der Waals surface area contributed by atoms with Crippen molar-refractivity contribution in [3.63, 3.8) is 0 Å². The van der Waals surface area contributed by atoms with E-state index in [9.17, 15) is 17.8 Å². The van der Waals surface area contributed by atoms with Gasteiger partial charge in [0.05, 0.1) is 29.0 Å². The number of amides is 1. The number of halogens is 2. The van der Waals surface area contributed by atoms with Crippen molar-refractivity contribution in [1.82, 2.24) is 19.7 Å². The average Bonchev–Trinajstić information content (AvgIpc) is 2.75. The summed E-state index contributed by atoms with van der Waals surface area (Å²) in [5.74, 6) is -1.86. The third-order valence-electron chi connectivity index (χ3n) is 4.12. The SMILES string of the molecule is CCOC(=O)NS(C)(=O)=Cc1cccc(Nc2ncnc(-c3cc(F)c(F)cc3OC)n2)c1. The Labute approximate surface area is 189 Å². The van der Waals surface area contributed by atoms with Gasteiger partial charge in [-0.2, -0.15) is 4.98 Å². The van der Waals surface area contributed by atoms with E-state index in [1.54, 1.807) is 31.2 Å². The van der Waals surface area contributed by atoms with E-state index in [2.05, 4.69) is 25.0 Å². The molecule has 1 aromatic heterocycles. The van der Waals surface area contributed by atoms with E-state index >= 15 is 0 Å². The highest BCUT2D eigenvalue weighted by molar-refractivity contribution is 7.99. The maximum atomic E-state index is 13.8. The van der Waals surface area contributed by atoms with Gasteiger partial charge in [0.25, 0.3) is 0 Å². The van der Waals surface area contributed by atoms with Crippen LogP contribution < -0.4 is 14.8 Å². The first-order valence-corrected chi connectivity index (χ1v) is 11.6. The Hall–Kier alpha value is -3.80. The van der Waals surface area contributed by atoms with Crippen LogP contribution in [0.1, 0.15) is 12.5 Å². The maximum absolute atomic E-state index is 13.8. The fraction of sp³-hybridized carbons (Fsp3) is 0.190. The fourth-order valence-electron chi connectivity index (χ4n) is 2.79. The van der Waals surface area contributed by atoms with Crippen molar-refractivity contribution < 1.29 is 27.3 Å². The molecule has 1 unspecified atom stereocenters. The van der Waals surface area contributed by atoms with Crippen LogP contribution in [0.5, 0.6) is 5.75 Å². The van der Waals surface area contributed by atoms with Crippen LogP contribution in [0.3, 0.4) is 0 Å². The van der Waals surface area contributed by atoms with E-state index in [1.165, 1.54) is 25.1 Å². The molecule has 3 rings (SSSR count). The smallest absolute Gasteiger partial charge is 0.418 e. The Morgan fingerprint density at radius 3 is 2.67 bits per heavy atom. The largest absolute Gasteiger partial charge is 0.496 e. The van der Waals surface area contributed by atoms with Gasteiger partial charge in [-0.1, -0.05) is 12.1 Å². The molecule has 0 saturated carbocycles. The van der Waals surface area contributed by atoms with Crippen molar-refractivity contribution in [2.45, 2.75) is 6.92 Å². The molecule has 12 heteroatoms. The van der Waals surface area contributed by atoms with E-state index < -0.39 is 27.4 Å². The monoisotopic (exact) mass is 477 g/mol. The number of ether oxygens (including phenoxy) is 2. The number of methoxy groups -OCH3 is 1. The maximum Gasteiger partial charge on any atom is 0.418 e.